The molecule has 2 fully saturated rings. The van der Waals surface area contributed by atoms with E-state index in [1.54, 1.807) is 0 Å². The average Bonchev–Trinajstić information content (AvgIpc) is 2.29. The van der Waals surface area contributed by atoms with Crippen molar-refractivity contribution < 1.29 is 9.59 Å². The van der Waals surface area contributed by atoms with Gasteiger partial charge in [-0.25, -0.2) is 0 Å². The van der Waals surface area contributed by atoms with E-state index in [0.717, 1.165) is 24.3 Å². The molecule has 4 nitrogen and oxygen atoms in total. The maximum absolute atomic E-state index is 11.7. The predicted molar refractivity (Wildman–Crippen MR) is 89.9 cm³/mol. The zero-order valence-corrected chi connectivity index (χ0v) is 14.4. The normalized spacial score (nSPS) is 28.4. The van der Waals surface area contributed by atoms with E-state index in [1.165, 1.54) is 0 Å². The van der Waals surface area contributed by atoms with Crippen LogP contribution in [-0.4, -0.2) is 36.1 Å². The fraction of sp³-hybridized carbons (Fsp3) is 0.778. The van der Waals surface area contributed by atoms with Crippen molar-refractivity contribution in [3.05, 3.63) is 0 Å². The van der Waals surface area contributed by atoms with E-state index in [1.807, 2.05) is 0 Å². The zero-order chi connectivity index (χ0) is 16.4. The molecule has 0 radical (unpaired) electrons. The number of nitrogens with zero attached hydrogens (tertiary/aromatic N) is 2. The highest BCUT2D eigenvalue weighted by molar-refractivity contribution is 6.05. The lowest BCUT2D eigenvalue weighted by atomic mass is 9.76. The molecule has 0 atom stereocenters. The van der Waals surface area contributed by atoms with Crippen LogP contribution in [0.3, 0.4) is 0 Å². The molecule has 22 heavy (non-hydrogen) atoms. The summed E-state index contributed by atoms with van der Waals surface area (Å²) >= 11 is 0. The molecule has 0 aliphatic heterocycles. The molecule has 0 bridgehead atoms. The second-order valence-corrected chi connectivity index (χ2v) is 8.36. The largest absolute Gasteiger partial charge is 0.299 e. The second kappa shape index (κ2) is 6.43. The Bertz CT molecular complexity index is 479. The molecule has 0 saturated heterocycles. The molecule has 0 N–H and O–H groups in total. The van der Waals surface area contributed by atoms with Crippen molar-refractivity contribution in [1.82, 2.24) is 0 Å². The van der Waals surface area contributed by atoms with E-state index in [9.17, 15) is 9.59 Å². The molecular formula is C18H28N2O2. The number of aliphatic imine (C=N–C) groups is 2. The second-order valence-electron chi connectivity index (χ2n) is 8.36. The summed E-state index contributed by atoms with van der Waals surface area (Å²) < 4.78 is 0. The van der Waals surface area contributed by atoms with Crippen LogP contribution in [0.15, 0.2) is 9.98 Å². The molecule has 0 unspecified atom stereocenters. The van der Waals surface area contributed by atoms with Crippen LogP contribution >= 0.6 is 0 Å². The first-order valence-electron chi connectivity index (χ1n) is 8.23. The van der Waals surface area contributed by atoms with Gasteiger partial charge < -0.3 is 0 Å². The first-order valence-corrected chi connectivity index (χ1v) is 8.23. The van der Waals surface area contributed by atoms with Crippen molar-refractivity contribution >= 4 is 23.0 Å². The summed E-state index contributed by atoms with van der Waals surface area (Å²) in [5.74, 6) is 0.585. The fourth-order valence-electron chi connectivity index (χ4n) is 3.64. The third-order valence-electron chi connectivity index (χ3n) is 4.29. The summed E-state index contributed by atoms with van der Waals surface area (Å²) in [6.45, 7) is 9.73. The quantitative estimate of drug-likeness (QED) is 0.750. The van der Waals surface area contributed by atoms with Crippen LogP contribution in [-0.2, 0) is 9.59 Å². The van der Waals surface area contributed by atoms with Crippen LogP contribution in [0.2, 0.25) is 0 Å². The van der Waals surface area contributed by atoms with Gasteiger partial charge in [0.25, 0.3) is 0 Å². The van der Waals surface area contributed by atoms with Crippen molar-refractivity contribution in [2.45, 2.75) is 66.2 Å². The maximum atomic E-state index is 11.7. The van der Waals surface area contributed by atoms with Gasteiger partial charge in [-0.15, -0.1) is 0 Å². The molecule has 0 heterocycles. The number of Topliss-reactive ketones (excluding diaryl/α,β-unsaturated/α-hetero) is 2. The van der Waals surface area contributed by atoms with E-state index >= 15 is 0 Å². The number of hydrogen-bond acceptors (Lipinski definition) is 4. The number of rotatable bonds is 3. The van der Waals surface area contributed by atoms with Crippen LogP contribution in [0.25, 0.3) is 0 Å². The van der Waals surface area contributed by atoms with Gasteiger partial charge in [0, 0.05) is 37.1 Å². The lowest BCUT2D eigenvalue weighted by Crippen LogP contribution is -2.29. The first-order chi connectivity index (χ1) is 10.2. The maximum Gasteiger partial charge on any atom is 0.139 e. The summed E-state index contributed by atoms with van der Waals surface area (Å²) in [7, 11) is 0. The van der Waals surface area contributed by atoms with Crippen molar-refractivity contribution in [3.63, 3.8) is 0 Å². The summed E-state index contributed by atoms with van der Waals surface area (Å²) in [5.41, 5.74) is 2.11. The molecule has 0 amide bonds. The van der Waals surface area contributed by atoms with E-state index in [-0.39, 0.29) is 10.8 Å². The minimum Gasteiger partial charge on any atom is -0.299 e. The van der Waals surface area contributed by atoms with Gasteiger partial charge in [0.1, 0.15) is 11.6 Å². The molecule has 4 heteroatoms. The van der Waals surface area contributed by atoms with Gasteiger partial charge >= 0.3 is 0 Å². The minimum atomic E-state index is 0.0415. The Labute approximate surface area is 133 Å². The van der Waals surface area contributed by atoms with Gasteiger partial charge in [-0.1, -0.05) is 27.7 Å². The monoisotopic (exact) mass is 304 g/mol. The topological polar surface area (TPSA) is 58.9 Å². The molecular weight excluding hydrogens is 276 g/mol. The Kier molecular flexibility index (Phi) is 4.98. The van der Waals surface area contributed by atoms with Crippen LogP contribution < -0.4 is 0 Å². The molecule has 122 valence electrons. The first kappa shape index (κ1) is 17.0. The predicted octanol–water partition coefficient (Wildman–Crippen LogP) is 3.43. The standard InChI is InChI=1S/C18H28N2O2/c1-17(2)9-13(7-15(21)11-17)19-5-6-20-14-8-16(22)12-18(3,4)10-14/h5-12H2,1-4H3. The molecule has 0 spiro atoms. The van der Waals surface area contributed by atoms with E-state index < -0.39 is 0 Å². The summed E-state index contributed by atoms with van der Waals surface area (Å²) in [4.78, 5) is 32.6. The van der Waals surface area contributed by atoms with Crippen LogP contribution in [0.4, 0.5) is 0 Å². The number of carbonyl (C=O) groups is 2. The molecule has 2 aliphatic rings. The van der Waals surface area contributed by atoms with Gasteiger partial charge in [-0.05, 0) is 23.7 Å². The van der Waals surface area contributed by atoms with Crippen molar-refractivity contribution in [1.29, 1.82) is 0 Å². The van der Waals surface area contributed by atoms with Gasteiger partial charge in [0.2, 0.25) is 0 Å². The molecule has 2 aliphatic carbocycles. The number of hydrogen-bond donors (Lipinski definition) is 0. The molecule has 0 aromatic heterocycles. The summed E-state index contributed by atoms with van der Waals surface area (Å²) in [5, 5.41) is 0. The van der Waals surface area contributed by atoms with Crippen LogP contribution in [0, 0.1) is 10.8 Å². The van der Waals surface area contributed by atoms with Crippen LogP contribution in [0.1, 0.15) is 66.2 Å². The van der Waals surface area contributed by atoms with Gasteiger partial charge in [0.05, 0.1) is 13.1 Å². The van der Waals surface area contributed by atoms with Gasteiger partial charge in [-0.2, -0.15) is 0 Å². The lowest BCUT2D eigenvalue weighted by molar-refractivity contribution is -0.121. The Morgan fingerprint density at radius 3 is 1.41 bits per heavy atom. The SMILES string of the molecule is CC1(C)CC(=O)CC(=NCCN=C2CC(=O)CC(C)(C)C2)C1. The molecule has 0 aromatic rings. The van der Waals surface area contributed by atoms with E-state index in [2.05, 4.69) is 37.7 Å². The minimum absolute atomic E-state index is 0.0415. The van der Waals surface area contributed by atoms with E-state index in [4.69, 9.17) is 0 Å². The highest BCUT2D eigenvalue weighted by Gasteiger charge is 2.31. The Hall–Kier alpha value is -1.32. The zero-order valence-electron chi connectivity index (χ0n) is 14.4. The third kappa shape index (κ3) is 5.15. The smallest absolute Gasteiger partial charge is 0.139 e. The molecule has 2 rings (SSSR count). The van der Waals surface area contributed by atoms with Crippen molar-refractivity contribution in [2.24, 2.45) is 20.8 Å². The Balaban J connectivity index is 1.88. The molecule has 2 saturated carbocycles. The van der Waals surface area contributed by atoms with Crippen molar-refractivity contribution in [3.8, 4) is 0 Å². The van der Waals surface area contributed by atoms with Gasteiger partial charge in [-0.3, -0.25) is 19.6 Å². The van der Waals surface area contributed by atoms with Crippen LogP contribution in [0.5, 0.6) is 0 Å². The fourth-order valence-corrected chi connectivity index (χ4v) is 3.64. The lowest BCUT2D eigenvalue weighted by Gasteiger charge is -2.29. The molecule has 0 aromatic carbocycles. The average molecular weight is 304 g/mol. The number of carbonyl (C=O) groups excluding carboxylic acids is 2. The third-order valence-corrected chi connectivity index (χ3v) is 4.29. The summed E-state index contributed by atoms with van der Waals surface area (Å²) in [6.07, 6.45) is 4.13. The highest BCUT2D eigenvalue weighted by Crippen LogP contribution is 2.32. The van der Waals surface area contributed by atoms with Crippen molar-refractivity contribution in [2.75, 3.05) is 13.1 Å². The van der Waals surface area contributed by atoms with E-state index in [0.29, 0.717) is 50.3 Å². The Morgan fingerprint density at radius 2 is 1.09 bits per heavy atom. The summed E-state index contributed by atoms with van der Waals surface area (Å²) in [6, 6.07) is 0. The van der Waals surface area contributed by atoms with Gasteiger partial charge in [0.15, 0.2) is 0 Å². The highest BCUT2D eigenvalue weighted by atomic mass is 16.1. The number of ketones is 2. The Morgan fingerprint density at radius 1 is 0.727 bits per heavy atom.